The molecule has 0 radical (unpaired) electrons. The van der Waals surface area contributed by atoms with Crippen LogP contribution in [0.4, 0.5) is 0 Å². The minimum Gasteiger partial charge on any atom is -0.351 e. The fourth-order valence-corrected chi connectivity index (χ4v) is 5.11. The average molecular weight is 402 g/mol. The smallest absolute Gasteiger partial charge is 0.258 e. The molecule has 0 bridgehead atoms. The van der Waals surface area contributed by atoms with Crippen molar-refractivity contribution in [3.05, 3.63) is 46.9 Å². The molecule has 0 spiro atoms. The number of carbonyl (C=O) groups is 2. The average Bonchev–Trinajstić information content (AvgIpc) is 2.68. The standard InChI is InChI=1S/C22H31N3O2S/c1-16(2)25(15-17-8-4-3-5-9-17)13-12-23-21(26)14-20-22(27)24-18-10-6-7-11-19(18)28-20/h3-5,8-9,14,16,18-19H,6-7,10-13,15H2,1-2H3,(H,23,26)(H,24,27)/b20-14-. The summed E-state index contributed by atoms with van der Waals surface area (Å²) >= 11 is 1.58. The van der Waals surface area contributed by atoms with Gasteiger partial charge in [0.25, 0.3) is 5.91 Å². The normalized spacial score (nSPS) is 23.6. The van der Waals surface area contributed by atoms with E-state index < -0.39 is 0 Å². The minimum absolute atomic E-state index is 0.101. The Balaban J connectivity index is 1.48. The maximum absolute atomic E-state index is 12.3. The number of thioether (sulfide) groups is 1. The quantitative estimate of drug-likeness (QED) is 0.690. The molecule has 0 aromatic heterocycles. The van der Waals surface area contributed by atoms with E-state index in [0.29, 0.717) is 22.7 Å². The molecule has 2 fully saturated rings. The molecule has 2 amide bonds. The molecule has 1 saturated heterocycles. The number of nitrogens with one attached hydrogen (secondary N) is 2. The number of nitrogens with zero attached hydrogens (tertiary/aromatic N) is 1. The number of fused-ring (bicyclic) bond motifs is 1. The maximum Gasteiger partial charge on any atom is 0.258 e. The van der Waals surface area contributed by atoms with Crippen molar-refractivity contribution in [1.29, 1.82) is 0 Å². The summed E-state index contributed by atoms with van der Waals surface area (Å²) in [6.45, 7) is 6.51. The van der Waals surface area contributed by atoms with Crippen molar-refractivity contribution < 1.29 is 9.59 Å². The molecule has 1 aliphatic carbocycles. The zero-order valence-electron chi connectivity index (χ0n) is 16.8. The van der Waals surface area contributed by atoms with E-state index >= 15 is 0 Å². The van der Waals surface area contributed by atoms with E-state index in [1.165, 1.54) is 24.5 Å². The Morgan fingerprint density at radius 1 is 1.29 bits per heavy atom. The highest BCUT2D eigenvalue weighted by molar-refractivity contribution is 8.04. The van der Waals surface area contributed by atoms with Crippen LogP contribution in [0.5, 0.6) is 0 Å². The van der Waals surface area contributed by atoms with Gasteiger partial charge in [0.1, 0.15) is 0 Å². The lowest BCUT2D eigenvalue weighted by molar-refractivity contribution is -0.119. The lowest BCUT2D eigenvalue weighted by Crippen LogP contribution is -2.48. The Bertz CT molecular complexity index is 705. The predicted octanol–water partition coefficient (Wildman–Crippen LogP) is 3.07. The highest BCUT2D eigenvalue weighted by Gasteiger charge is 2.34. The first-order chi connectivity index (χ1) is 13.5. The van der Waals surface area contributed by atoms with Crippen molar-refractivity contribution in [3.8, 4) is 0 Å². The van der Waals surface area contributed by atoms with E-state index in [0.717, 1.165) is 25.9 Å². The van der Waals surface area contributed by atoms with Crippen molar-refractivity contribution in [2.24, 2.45) is 0 Å². The molecule has 152 valence electrons. The topological polar surface area (TPSA) is 61.4 Å². The SMILES string of the molecule is CC(C)N(CCNC(=O)/C=C1\SC2CCCCC2NC1=O)Cc1ccccc1. The number of rotatable bonds is 7. The van der Waals surface area contributed by atoms with Crippen molar-refractivity contribution in [2.75, 3.05) is 13.1 Å². The minimum atomic E-state index is -0.185. The number of amides is 2. The van der Waals surface area contributed by atoms with Crippen LogP contribution in [0, 0.1) is 0 Å². The Labute approximate surface area is 172 Å². The van der Waals surface area contributed by atoms with E-state index in [4.69, 9.17) is 0 Å². The molecule has 1 aliphatic heterocycles. The molecule has 2 N–H and O–H groups in total. The lowest BCUT2D eigenvalue weighted by Gasteiger charge is -2.36. The molecule has 1 saturated carbocycles. The third-order valence-electron chi connectivity index (χ3n) is 5.44. The summed E-state index contributed by atoms with van der Waals surface area (Å²) in [5.41, 5.74) is 1.27. The molecule has 6 heteroatoms. The van der Waals surface area contributed by atoms with Gasteiger partial charge in [0.2, 0.25) is 5.91 Å². The first kappa shape index (κ1) is 20.9. The van der Waals surface area contributed by atoms with Gasteiger partial charge in [-0.05, 0) is 32.3 Å². The summed E-state index contributed by atoms with van der Waals surface area (Å²) in [5, 5.41) is 6.43. The molecule has 1 heterocycles. The zero-order valence-corrected chi connectivity index (χ0v) is 17.6. The van der Waals surface area contributed by atoms with Crippen LogP contribution >= 0.6 is 11.8 Å². The Morgan fingerprint density at radius 3 is 2.79 bits per heavy atom. The van der Waals surface area contributed by atoms with Gasteiger partial charge in [-0.1, -0.05) is 43.2 Å². The van der Waals surface area contributed by atoms with Gasteiger partial charge in [0, 0.05) is 43.0 Å². The summed E-state index contributed by atoms with van der Waals surface area (Å²) in [4.78, 5) is 27.5. The summed E-state index contributed by atoms with van der Waals surface area (Å²) in [5.74, 6) is -0.286. The molecule has 2 unspecified atom stereocenters. The lowest BCUT2D eigenvalue weighted by atomic mass is 9.94. The Morgan fingerprint density at radius 2 is 2.04 bits per heavy atom. The van der Waals surface area contributed by atoms with Crippen molar-refractivity contribution in [2.45, 2.75) is 63.4 Å². The summed E-state index contributed by atoms with van der Waals surface area (Å²) < 4.78 is 0. The zero-order chi connectivity index (χ0) is 19.9. The Hall–Kier alpha value is -1.79. The molecule has 1 aromatic rings. The molecule has 28 heavy (non-hydrogen) atoms. The largest absolute Gasteiger partial charge is 0.351 e. The van der Waals surface area contributed by atoms with Crippen LogP contribution in [-0.2, 0) is 16.1 Å². The van der Waals surface area contributed by atoms with Crippen LogP contribution in [0.3, 0.4) is 0 Å². The van der Waals surface area contributed by atoms with Crippen LogP contribution in [0.15, 0.2) is 41.3 Å². The molecule has 2 atom stereocenters. The molecule has 5 nitrogen and oxygen atoms in total. The number of benzene rings is 1. The number of hydrogen-bond donors (Lipinski definition) is 2. The van der Waals surface area contributed by atoms with Crippen LogP contribution in [-0.4, -0.2) is 47.1 Å². The third-order valence-corrected chi connectivity index (χ3v) is 6.86. The maximum atomic E-state index is 12.3. The van der Waals surface area contributed by atoms with E-state index in [-0.39, 0.29) is 17.9 Å². The van der Waals surface area contributed by atoms with E-state index in [1.807, 2.05) is 18.2 Å². The van der Waals surface area contributed by atoms with Crippen LogP contribution in [0.1, 0.15) is 45.1 Å². The summed E-state index contributed by atoms with van der Waals surface area (Å²) in [6.07, 6.45) is 6.02. The molecule has 2 aliphatic rings. The van der Waals surface area contributed by atoms with Crippen molar-refractivity contribution in [1.82, 2.24) is 15.5 Å². The first-order valence-corrected chi connectivity index (χ1v) is 11.2. The third kappa shape index (κ3) is 5.85. The fraction of sp³-hybridized carbons (Fsp3) is 0.545. The van der Waals surface area contributed by atoms with Crippen LogP contribution in [0.25, 0.3) is 0 Å². The summed E-state index contributed by atoms with van der Waals surface area (Å²) in [7, 11) is 0. The van der Waals surface area contributed by atoms with Gasteiger partial charge in [-0.15, -0.1) is 11.8 Å². The monoisotopic (exact) mass is 401 g/mol. The van der Waals surface area contributed by atoms with E-state index in [2.05, 4.69) is 41.5 Å². The second-order valence-corrected chi connectivity index (χ2v) is 9.15. The summed E-state index contributed by atoms with van der Waals surface area (Å²) in [6, 6.07) is 11.0. The van der Waals surface area contributed by atoms with Gasteiger partial charge >= 0.3 is 0 Å². The second-order valence-electron chi connectivity index (χ2n) is 7.87. The molecular weight excluding hydrogens is 370 g/mol. The number of carbonyl (C=O) groups excluding carboxylic acids is 2. The highest BCUT2D eigenvalue weighted by atomic mass is 32.2. The van der Waals surface area contributed by atoms with Gasteiger partial charge in [0.05, 0.1) is 4.91 Å². The van der Waals surface area contributed by atoms with Gasteiger partial charge in [-0.2, -0.15) is 0 Å². The highest BCUT2D eigenvalue weighted by Crippen LogP contribution is 2.36. The fourth-order valence-electron chi connectivity index (χ4n) is 3.79. The molecular formula is C22H31N3O2S. The van der Waals surface area contributed by atoms with E-state index in [1.54, 1.807) is 11.8 Å². The van der Waals surface area contributed by atoms with Gasteiger partial charge in [-0.25, -0.2) is 0 Å². The van der Waals surface area contributed by atoms with Crippen molar-refractivity contribution >= 4 is 23.6 Å². The van der Waals surface area contributed by atoms with Gasteiger partial charge in [0.15, 0.2) is 0 Å². The number of hydrogen-bond acceptors (Lipinski definition) is 4. The molecule has 1 aromatic carbocycles. The van der Waals surface area contributed by atoms with Crippen LogP contribution in [0.2, 0.25) is 0 Å². The molecule has 3 rings (SSSR count). The predicted molar refractivity (Wildman–Crippen MR) is 115 cm³/mol. The van der Waals surface area contributed by atoms with Crippen molar-refractivity contribution in [3.63, 3.8) is 0 Å². The van der Waals surface area contributed by atoms with Crippen LogP contribution < -0.4 is 10.6 Å². The first-order valence-electron chi connectivity index (χ1n) is 10.3. The second kappa shape index (κ2) is 10.1. The Kier molecular flexibility index (Phi) is 7.57. The van der Waals surface area contributed by atoms with E-state index in [9.17, 15) is 9.59 Å². The van der Waals surface area contributed by atoms with Gasteiger partial charge in [-0.3, -0.25) is 14.5 Å². The van der Waals surface area contributed by atoms with Gasteiger partial charge < -0.3 is 10.6 Å².